The van der Waals surface area contributed by atoms with Gasteiger partial charge in [-0.2, -0.15) is 0 Å². The molecule has 0 aromatic heterocycles. The van der Waals surface area contributed by atoms with E-state index >= 15 is 0 Å². The molecular formula is C18H32N2O2Si. The van der Waals surface area contributed by atoms with Gasteiger partial charge in [-0.25, -0.2) is 0 Å². The Kier molecular flexibility index (Phi) is 11.5. The molecule has 0 saturated heterocycles. The van der Waals surface area contributed by atoms with Gasteiger partial charge in [0.2, 0.25) is 0 Å². The van der Waals surface area contributed by atoms with Crippen LogP contribution in [0.25, 0.3) is 0 Å². The molecule has 4 nitrogen and oxygen atoms in total. The molecule has 1 aromatic carbocycles. The van der Waals surface area contributed by atoms with Crippen LogP contribution in [0.2, 0.25) is 6.04 Å². The summed E-state index contributed by atoms with van der Waals surface area (Å²) in [5.41, 5.74) is 1.31. The van der Waals surface area contributed by atoms with Crippen LogP contribution in [0.4, 0.5) is 0 Å². The minimum absolute atomic E-state index is 0.762. The molecule has 0 atom stereocenters. The maximum atomic E-state index is 5.68. The summed E-state index contributed by atoms with van der Waals surface area (Å²) < 4.78 is 11.4. The van der Waals surface area contributed by atoms with E-state index in [0.29, 0.717) is 0 Å². The second-order valence-corrected chi connectivity index (χ2v) is 7.47. The van der Waals surface area contributed by atoms with Gasteiger partial charge in [0.15, 0.2) is 0 Å². The first-order chi connectivity index (χ1) is 11.3. The molecular weight excluding hydrogens is 304 g/mol. The predicted molar refractivity (Wildman–Crippen MR) is 99.7 cm³/mol. The molecule has 0 spiro atoms. The summed E-state index contributed by atoms with van der Waals surface area (Å²) in [6, 6.07) is 11.6. The Bertz CT molecular complexity index is 397. The summed E-state index contributed by atoms with van der Waals surface area (Å²) in [5.74, 6) is 0. The highest BCUT2D eigenvalue weighted by atomic mass is 28.3. The van der Waals surface area contributed by atoms with Crippen LogP contribution in [-0.2, 0) is 15.4 Å². The van der Waals surface area contributed by atoms with Crippen molar-refractivity contribution in [1.82, 2.24) is 10.2 Å². The van der Waals surface area contributed by atoms with Gasteiger partial charge in [0.25, 0.3) is 0 Å². The molecule has 0 bridgehead atoms. The van der Waals surface area contributed by atoms with Gasteiger partial charge in [-0.3, -0.25) is 0 Å². The first-order valence-corrected chi connectivity index (χ1v) is 10.4. The second kappa shape index (κ2) is 13.3. The summed E-state index contributed by atoms with van der Waals surface area (Å²) in [6.45, 7) is 13.4. The van der Waals surface area contributed by atoms with Crippen molar-refractivity contribution in [3.63, 3.8) is 0 Å². The number of rotatable bonds is 14. The molecule has 1 rings (SSSR count). The fourth-order valence-electron chi connectivity index (χ4n) is 2.38. The van der Waals surface area contributed by atoms with Crippen molar-refractivity contribution in [3.8, 4) is 0 Å². The Hall–Kier alpha value is -1.14. The summed E-state index contributed by atoms with van der Waals surface area (Å²) in [6.07, 6.45) is 3.03. The van der Waals surface area contributed by atoms with Crippen LogP contribution in [0.3, 0.4) is 0 Å². The van der Waals surface area contributed by atoms with Gasteiger partial charge in [0, 0.05) is 32.8 Å². The molecule has 0 unspecified atom stereocenters. The van der Waals surface area contributed by atoms with Crippen molar-refractivity contribution in [1.29, 1.82) is 0 Å². The molecule has 0 heterocycles. The lowest BCUT2D eigenvalue weighted by Crippen LogP contribution is -2.30. The topological polar surface area (TPSA) is 33.7 Å². The van der Waals surface area contributed by atoms with E-state index in [2.05, 4.69) is 41.1 Å². The first kappa shape index (κ1) is 19.9. The van der Waals surface area contributed by atoms with E-state index in [-0.39, 0.29) is 0 Å². The molecule has 0 fully saturated rings. The van der Waals surface area contributed by atoms with E-state index in [0.717, 1.165) is 51.9 Å². The Morgan fingerprint density at radius 1 is 1.13 bits per heavy atom. The lowest BCUT2D eigenvalue weighted by molar-refractivity contribution is 0.212. The van der Waals surface area contributed by atoms with Crippen molar-refractivity contribution < 1.29 is 8.85 Å². The van der Waals surface area contributed by atoms with E-state index in [1.807, 2.05) is 26.1 Å². The van der Waals surface area contributed by atoms with Crippen LogP contribution in [-0.4, -0.2) is 47.0 Å². The number of hydrogen-bond donors (Lipinski definition) is 1. The maximum Gasteiger partial charge on any atom is 0.321 e. The molecule has 0 aliphatic carbocycles. The molecule has 0 radical (unpaired) electrons. The van der Waals surface area contributed by atoms with Gasteiger partial charge >= 0.3 is 9.28 Å². The normalized spacial score (nSPS) is 10.9. The average Bonchev–Trinajstić information content (AvgIpc) is 2.58. The standard InChI is InChI=1S/C18H32N2O2Si/c1-4-20(17-18-11-8-7-9-12-18)15-14-19-13-10-16-23(21-5-2)22-6-3/h4,7-9,11-12,19,23H,1,5-6,10,13-17H2,2-3H3. The monoisotopic (exact) mass is 336 g/mol. The van der Waals surface area contributed by atoms with Crippen LogP contribution in [0.1, 0.15) is 25.8 Å². The van der Waals surface area contributed by atoms with E-state index in [9.17, 15) is 0 Å². The minimum Gasteiger partial charge on any atom is -0.397 e. The Balaban J connectivity index is 2.11. The fraction of sp³-hybridized carbons (Fsp3) is 0.556. The Morgan fingerprint density at radius 3 is 2.43 bits per heavy atom. The molecule has 0 saturated carbocycles. The molecule has 0 amide bonds. The summed E-state index contributed by atoms with van der Waals surface area (Å²) in [5, 5.41) is 3.50. The van der Waals surface area contributed by atoms with Crippen LogP contribution in [0.15, 0.2) is 43.1 Å². The lowest BCUT2D eigenvalue weighted by atomic mass is 10.2. The molecule has 5 heteroatoms. The summed E-state index contributed by atoms with van der Waals surface area (Å²) in [4.78, 5) is 2.24. The Labute approximate surface area is 143 Å². The fourth-order valence-corrected chi connectivity index (χ4v) is 4.09. The minimum atomic E-state index is -1.42. The van der Waals surface area contributed by atoms with Gasteiger partial charge in [-0.15, -0.1) is 0 Å². The number of nitrogens with one attached hydrogen (secondary N) is 1. The van der Waals surface area contributed by atoms with Crippen LogP contribution in [0, 0.1) is 0 Å². The SMILES string of the molecule is C=CN(CCNCCC[SiH](OCC)OCC)Cc1ccccc1. The Morgan fingerprint density at radius 2 is 1.83 bits per heavy atom. The molecule has 1 N–H and O–H groups in total. The number of benzene rings is 1. The third-order valence-electron chi connectivity index (χ3n) is 3.56. The smallest absolute Gasteiger partial charge is 0.321 e. The second-order valence-electron chi connectivity index (χ2n) is 5.37. The van der Waals surface area contributed by atoms with Crippen molar-refractivity contribution >= 4 is 9.28 Å². The van der Waals surface area contributed by atoms with Crippen LogP contribution < -0.4 is 5.32 Å². The highest BCUT2D eigenvalue weighted by molar-refractivity contribution is 6.44. The molecule has 23 heavy (non-hydrogen) atoms. The van der Waals surface area contributed by atoms with Crippen molar-refractivity contribution in [3.05, 3.63) is 48.7 Å². The zero-order valence-corrected chi connectivity index (χ0v) is 15.8. The lowest BCUT2D eigenvalue weighted by Gasteiger charge is -2.20. The van der Waals surface area contributed by atoms with Crippen molar-refractivity contribution in [2.45, 2.75) is 32.9 Å². The van der Waals surface area contributed by atoms with Gasteiger partial charge in [-0.1, -0.05) is 36.9 Å². The van der Waals surface area contributed by atoms with E-state index in [4.69, 9.17) is 8.85 Å². The summed E-state index contributed by atoms with van der Waals surface area (Å²) >= 11 is 0. The third kappa shape index (κ3) is 9.56. The van der Waals surface area contributed by atoms with Crippen molar-refractivity contribution in [2.24, 2.45) is 0 Å². The highest BCUT2D eigenvalue weighted by Gasteiger charge is 2.10. The van der Waals surface area contributed by atoms with Gasteiger partial charge in [-0.05, 0) is 44.6 Å². The van der Waals surface area contributed by atoms with Crippen LogP contribution >= 0.6 is 0 Å². The highest BCUT2D eigenvalue weighted by Crippen LogP contribution is 2.04. The molecule has 0 aliphatic rings. The zero-order chi connectivity index (χ0) is 16.8. The maximum absolute atomic E-state index is 5.68. The van der Waals surface area contributed by atoms with Crippen LogP contribution in [0.5, 0.6) is 0 Å². The summed E-state index contributed by atoms with van der Waals surface area (Å²) in [7, 11) is -1.42. The largest absolute Gasteiger partial charge is 0.397 e. The molecule has 130 valence electrons. The number of nitrogens with zero attached hydrogens (tertiary/aromatic N) is 1. The quantitative estimate of drug-likeness (QED) is 0.418. The van der Waals surface area contributed by atoms with E-state index in [1.165, 1.54) is 5.56 Å². The third-order valence-corrected chi connectivity index (χ3v) is 5.85. The van der Waals surface area contributed by atoms with Crippen molar-refractivity contribution in [2.75, 3.05) is 32.8 Å². The van der Waals surface area contributed by atoms with Gasteiger partial charge in [0.05, 0.1) is 0 Å². The van der Waals surface area contributed by atoms with E-state index in [1.54, 1.807) is 0 Å². The van der Waals surface area contributed by atoms with Gasteiger partial charge < -0.3 is 19.1 Å². The first-order valence-electron chi connectivity index (χ1n) is 8.64. The zero-order valence-electron chi connectivity index (χ0n) is 14.7. The van der Waals surface area contributed by atoms with E-state index < -0.39 is 9.28 Å². The average molecular weight is 337 g/mol. The number of hydrogen-bond acceptors (Lipinski definition) is 4. The molecule has 0 aliphatic heterocycles. The predicted octanol–water partition coefficient (Wildman–Crippen LogP) is 2.91. The molecule has 1 aromatic rings. The van der Waals surface area contributed by atoms with Gasteiger partial charge in [0.1, 0.15) is 0 Å².